The summed E-state index contributed by atoms with van der Waals surface area (Å²) < 4.78 is 5.26. The maximum Gasteiger partial charge on any atom is 0.233 e. The molecule has 2 aliphatic heterocycles. The highest BCUT2D eigenvalue weighted by Crippen LogP contribution is 2.38. The standard InChI is InChI=1S/C24H33N3O4/c1-31-18-10-8-17(9-11-18)21(26-13-4-5-14-26)16-25-22(28)12-15-27-23(29)19-6-2-3-7-20(19)24(27)30/h8-11,19-21H,2-7,12-16H2,1H3,(H,25,28)/t19-,20-,21-/m0/s1. The summed E-state index contributed by atoms with van der Waals surface area (Å²) in [4.78, 5) is 41.5. The van der Waals surface area contributed by atoms with Gasteiger partial charge in [-0.2, -0.15) is 0 Å². The van der Waals surface area contributed by atoms with E-state index < -0.39 is 0 Å². The Morgan fingerprint density at radius 2 is 1.65 bits per heavy atom. The summed E-state index contributed by atoms with van der Waals surface area (Å²) >= 11 is 0. The highest BCUT2D eigenvalue weighted by atomic mass is 16.5. The molecule has 3 fully saturated rings. The number of fused-ring (bicyclic) bond motifs is 1. The molecule has 3 amide bonds. The van der Waals surface area contributed by atoms with Crippen molar-refractivity contribution < 1.29 is 19.1 Å². The zero-order chi connectivity index (χ0) is 21.8. The van der Waals surface area contributed by atoms with E-state index >= 15 is 0 Å². The molecular weight excluding hydrogens is 394 g/mol. The lowest BCUT2D eigenvalue weighted by Gasteiger charge is -2.28. The van der Waals surface area contributed by atoms with E-state index in [1.165, 1.54) is 17.7 Å². The highest BCUT2D eigenvalue weighted by Gasteiger charge is 2.47. The predicted octanol–water partition coefficient (Wildman–Crippen LogP) is 2.51. The van der Waals surface area contributed by atoms with E-state index in [4.69, 9.17) is 4.74 Å². The Morgan fingerprint density at radius 3 is 2.23 bits per heavy atom. The van der Waals surface area contributed by atoms with Crippen LogP contribution in [0.25, 0.3) is 0 Å². The summed E-state index contributed by atoms with van der Waals surface area (Å²) in [6.45, 7) is 2.74. The van der Waals surface area contributed by atoms with Gasteiger partial charge < -0.3 is 10.1 Å². The van der Waals surface area contributed by atoms with Crippen molar-refractivity contribution in [2.75, 3.05) is 33.3 Å². The molecule has 31 heavy (non-hydrogen) atoms. The van der Waals surface area contributed by atoms with Gasteiger partial charge >= 0.3 is 0 Å². The summed E-state index contributed by atoms with van der Waals surface area (Å²) in [5.74, 6) is 0.242. The predicted molar refractivity (Wildman–Crippen MR) is 116 cm³/mol. The lowest BCUT2D eigenvalue weighted by atomic mass is 9.81. The fourth-order valence-corrected chi connectivity index (χ4v) is 5.30. The van der Waals surface area contributed by atoms with Gasteiger partial charge in [-0.25, -0.2) is 0 Å². The summed E-state index contributed by atoms with van der Waals surface area (Å²) in [6.07, 6.45) is 6.13. The summed E-state index contributed by atoms with van der Waals surface area (Å²) in [5, 5.41) is 3.04. The molecule has 1 aliphatic carbocycles. The van der Waals surface area contributed by atoms with E-state index in [0.29, 0.717) is 6.54 Å². The van der Waals surface area contributed by atoms with E-state index in [1.54, 1.807) is 7.11 Å². The summed E-state index contributed by atoms with van der Waals surface area (Å²) in [5.41, 5.74) is 1.15. The number of methoxy groups -OCH3 is 1. The Labute approximate surface area is 184 Å². The van der Waals surface area contributed by atoms with Crippen molar-refractivity contribution in [2.45, 2.75) is 51.0 Å². The van der Waals surface area contributed by atoms with Gasteiger partial charge in [0, 0.05) is 19.5 Å². The lowest BCUT2D eigenvalue weighted by molar-refractivity contribution is -0.140. The number of ether oxygens (including phenoxy) is 1. The first-order chi connectivity index (χ1) is 15.1. The fourth-order valence-electron chi connectivity index (χ4n) is 5.30. The van der Waals surface area contributed by atoms with Crippen LogP contribution in [0.4, 0.5) is 0 Å². The lowest BCUT2D eigenvalue weighted by Crippen LogP contribution is -2.39. The van der Waals surface area contributed by atoms with Gasteiger partial charge in [0.2, 0.25) is 17.7 Å². The molecule has 3 atom stereocenters. The Morgan fingerprint density at radius 1 is 1.03 bits per heavy atom. The Hall–Kier alpha value is -2.41. The van der Waals surface area contributed by atoms with Crippen molar-refractivity contribution >= 4 is 17.7 Å². The number of rotatable bonds is 8. The van der Waals surface area contributed by atoms with Crippen molar-refractivity contribution in [2.24, 2.45) is 11.8 Å². The number of nitrogens with zero attached hydrogens (tertiary/aromatic N) is 2. The molecule has 168 valence electrons. The second kappa shape index (κ2) is 9.81. The van der Waals surface area contributed by atoms with Crippen molar-refractivity contribution in [1.82, 2.24) is 15.1 Å². The molecule has 2 saturated heterocycles. The third-order valence-electron chi connectivity index (χ3n) is 7.07. The van der Waals surface area contributed by atoms with Crippen LogP contribution in [0.1, 0.15) is 56.6 Å². The summed E-state index contributed by atoms with van der Waals surface area (Å²) in [7, 11) is 1.65. The van der Waals surface area contributed by atoms with E-state index in [0.717, 1.165) is 50.1 Å². The molecule has 4 rings (SSSR count). The minimum absolute atomic E-state index is 0.0734. The Balaban J connectivity index is 1.32. The maximum absolute atomic E-state index is 12.6. The SMILES string of the molecule is COc1ccc([C@H](CNC(=O)CCN2C(=O)[C@H]3CCCC[C@@H]3C2=O)N2CCCC2)cc1. The van der Waals surface area contributed by atoms with Gasteiger partial charge in [-0.15, -0.1) is 0 Å². The van der Waals surface area contributed by atoms with E-state index in [9.17, 15) is 14.4 Å². The number of carbonyl (C=O) groups excluding carboxylic acids is 3. The number of likely N-dealkylation sites (tertiary alicyclic amines) is 2. The van der Waals surface area contributed by atoms with Gasteiger partial charge in [0.05, 0.1) is 25.0 Å². The number of amides is 3. The molecule has 7 heteroatoms. The monoisotopic (exact) mass is 427 g/mol. The molecule has 0 bridgehead atoms. The minimum Gasteiger partial charge on any atom is -0.497 e. The van der Waals surface area contributed by atoms with Gasteiger partial charge in [-0.1, -0.05) is 25.0 Å². The second-order valence-electron chi connectivity index (χ2n) is 8.91. The van der Waals surface area contributed by atoms with Crippen LogP contribution in [0.15, 0.2) is 24.3 Å². The quantitative estimate of drug-likeness (QED) is 0.645. The van der Waals surface area contributed by atoms with Gasteiger partial charge in [0.25, 0.3) is 0 Å². The van der Waals surface area contributed by atoms with E-state index in [-0.39, 0.29) is 48.6 Å². The van der Waals surface area contributed by atoms with Crippen molar-refractivity contribution in [1.29, 1.82) is 0 Å². The first-order valence-electron chi connectivity index (χ1n) is 11.6. The Kier molecular flexibility index (Phi) is 6.90. The summed E-state index contributed by atoms with van der Waals surface area (Å²) in [6, 6.07) is 8.11. The average Bonchev–Trinajstić information content (AvgIpc) is 3.41. The first kappa shape index (κ1) is 21.8. The number of imide groups is 1. The zero-order valence-electron chi connectivity index (χ0n) is 18.3. The molecule has 1 aromatic carbocycles. The molecule has 3 aliphatic rings. The van der Waals surface area contributed by atoms with Crippen LogP contribution in [0.3, 0.4) is 0 Å². The molecule has 7 nitrogen and oxygen atoms in total. The molecule has 1 aromatic rings. The molecule has 0 aromatic heterocycles. The number of hydrogen-bond acceptors (Lipinski definition) is 5. The van der Waals surface area contributed by atoms with Gasteiger partial charge in [-0.05, 0) is 56.5 Å². The van der Waals surface area contributed by atoms with Gasteiger partial charge in [0.15, 0.2) is 0 Å². The van der Waals surface area contributed by atoms with Crippen LogP contribution in [0.5, 0.6) is 5.75 Å². The third kappa shape index (κ3) is 4.76. The molecule has 0 spiro atoms. The fraction of sp³-hybridized carbons (Fsp3) is 0.625. The molecule has 2 heterocycles. The van der Waals surface area contributed by atoms with Crippen LogP contribution in [0.2, 0.25) is 0 Å². The normalized spacial score (nSPS) is 24.9. The van der Waals surface area contributed by atoms with E-state index in [2.05, 4.69) is 22.3 Å². The molecule has 1 N–H and O–H groups in total. The number of nitrogens with one attached hydrogen (secondary N) is 1. The zero-order valence-corrected chi connectivity index (χ0v) is 18.3. The number of benzene rings is 1. The molecular formula is C24H33N3O4. The van der Waals surface area contributed by atoms with Crippen molar-refractivity contribution in [3.05, 3.63) is 29.8 Å². The maximum atomic E-state index is 12.6. The largest absolute Gasteiger partial charge is 0.497 e. The van der Waals surface area contributed by atoms with Crippen LogP contribution in [-0.4, -0.2) is 60.8 Å². The van der Waals surface area contributed by atoms with Crippen LogP contribution >= 0.6 is 0 Å². The van der Waals surface area contributed by atoms with Crippen molar-refractivity contribution in [3.63, 3.8) is 0 Å². The smallest absolute Gasteiger partial charge is 0.233 e. The van der Waals surface area contributed by atoms with Crippen LogP contribution in [-0.2, 0) is 14.4 Å². The van der Waals surface area contributed by atoms with Crippen LogP contribution in [0, 0.1) is 11.8 Å². The molecule has 1 saturated carbocycles. The van der Waals surface area contributed by atoms with E-state index in [1.807, 2.05) is 12.1 Å². The highest BCUT2D eigenvalue weighted by molar-refractivity contribution is 6.05. The van der Waals surface area contributed by atoms with Gasteiger partial charge in [0.1, 0.15) is 5.75 Å². The number of carbonyl (C=O) groups is 3. The van der Waals surface area contributed by atoms with Crippen molar-refractivity contribution in [3.8, 4) is 5.75 Å². The first-order valence-corrected chi connectivity index (χ1v) is 11.6. The minimum atomic E-state index is -0.154. The number of hydrogen-bond donors (Lipinski definition) is 1. The van der Waals surface area contributed by atoms with Gasteiger partial charge in [-0.3, -0.25) is 24.2 Å². The Bertz CT molecular complexity index is 780. The second-order valence-corrected chi connectivity index (χ2v) is 8.91. The average molecular weight is 428 g/mol. The topological polar surface area (TPSA) is 79.0 Å². The van der Waals surface area contributed by atoms with Crippen LogP contribution < -0.4 is 10.1 Å². The molecule has 0 radical (unpaired) electrons. The third-order valence-corrected chi connectivity index (χ3v) is 7.07. The molecule has 0 unspecified atom stereocenters.